The maximum absolute atomic E-state index is 12.8. The summed E-state index contributed by atoms with van der Waals surface area (Å²) in [6, 6.07) is 4.29. The van der Waals surface area contributed by atoms with Crippen LogP contribution >= 0.6 is 11.8 Å². The summed E-state index contributed by atoms with van der Waals surface area (Å²) in [5.74, 6) is 0.752. The van der Waals surface area contributed by atoms with Gasteiger partial charge in [0.2, 0.25) is 0 Å². The number of anilines is 1. The Morgan fingerprint density at radius 2 is 2.24 bits per heavy atom. The Morgan fingerprint density at radius 1 is 1.48 bits per heavy atom. The third-order valence-electron chi connectivity index (χ3n) is 4.02. The van der Waals surface area contributed by atoms with E-state index in [2.05, 4.69) is 16.6 Å². The maximum atomic E-state index is 12.8. The van der Waals surface area contributed by atoms with Crippen LogP contribution in [0.1, 0.15) is 43.5 Å². The minimum Gasteiger partial charge on any atom is -0.367 e. The zero-order valence-electron chi connectivity index (χ0n) is 13.3. The average molecular weight is 307 g/mol. The molecule has 0 bridgehead atoms. The van der Waals surface area contributed by atoms with Crippen molar-refractivity contribution in [3.8, 4) is 0 Å². The molecule has 1 aliphatic rings. The summed E-state index contributed by atoms with van der Waals surface area (Å²) in [5, 5.41) is 3.94. The van der Waals surface area contributed by atoms with Crippen LogP contribution in [-0.2, 0) is 0 Å². The molecule has 1 saturated carbocycles. The molecule has 21 heavy (non-hydrogen) atoms. The Kier molecular flexibility index (Phi) is 5.51. The molecule has 4 nitrogen and oxygen atoms in total. The molecule has 0 aliphatic heterocycles. The topological polar surface area (TPSA) is 45.2 Å². The van der Waals surface area contributed by atoms with Gasteiger partial charge in [0.15, 0.2) is 0 Å². The van der Waals surface area contributed by atoms with Crippen LogP contribution in [0.4, 0.5) is 5.82 Å². The molecule has 0 saturated heterocycles. The average Bonchev–Trinajstić information content (AvgIpc) is 2.94. The van der Waals surface area contributed by atoms with Gasteiger partial charge >= 0.3 is 0 Å². The Balaban J connectivity index is 2.12. The van der Waals surface area contributed by atoms with Crippen LogP contribution in [0.15, 0.2) is 18.3 Å². The van der Waals surface area contributed by atoms with Gasteiger partial charge in [0.25, 0.3) is 5.91 Å². The molecule has 1 aromatic rings. The fourth-order valence-corrected chi connectivity index (χ4v) is 3.59. The molecule has 1 aliphatic carbocycles. The van der Waals surface area contributed by atoms with Crippen LogP contribution in [0.2, 0.25) is 0 Å². The first-order valence-corrected chi connectivity index (χ1v) is 8.83. The molecule has 2 rings (SSSR count). The lowest BCUT2D eigenvalue weighted by atomic mass is 10.1. The van der Waals surface area contributed by atoms with E-state index in [1.807, 2.05) is 49.7 Å². The minimum atomic E-state index is 0.0676. The van der Waals surface area contributed by atoms with Gasteiger partial charge in [-0.1, -0.05) is 0 Å². The van der Waals surface area contributed by atoms with E-state index in [0.717, 1.165) is 12.8 Å². The van der Waals surface area contributed by atoms with E-state index >= 15 is 0 Å². The number of carbonyl (C=O) groups is 1. The fraction of sp³-hybridized carbons (Fsp3) is 0.625. The van der Waals surface area contributed by atoms with E-state index in [-0.39, 0.29) is 11.9 Å². The molecular weight excluding hydrogens is 282 g/mol. The van der Waals surface area contributed by atoms with Crippen LogP contribution in [-0.4, -0.2) is 46.4 Å². The number of amides is 1. The lowest BCUT2D eigenvalue weighted by Gasteiger charge is -2.25. The molecule has 0 unspecified atom stereocenters. The molecule has 1 aromatic heterocycles. The summed E-state index contributed by atoms with van der Waals surface area (Å²) in [5.41, 5.74) is 0.668. The van der Waals surface area contributed by atoms with E-state index in [4.69, 9.17) is 0 Å². The van der Waals surface area contributed by atoms with Gasteiger partial charge in [-0.25, -0.2) is 4.98 Å². The first kappa shape index (κ1) is 16.1. The second-order valence-corrected chi connectivity index (χ2v) is 7.08. The number of thioether (sulfide) groups is 1. The highest BCUT2D eigenvalue weighted by atomic mass is 32.2. The Labute approximate surface area is 131 Å². The standard InChI is InChI=1S/C16H25N3OS/c1-11(2)18-15-14(6-5-9-17-15)16(20)19(3)12-7-8-13(10-12)21-4/h5-6,9,11-13H,7-8,10H2,1-4H3,(H,17,18)/t12-,13+/m0/s1. The molecular formula is C16H25N3OS. The van der Waals surface area contributed by atoms with Gasteiger partial charge in [0.05, 0.1) is 5.56 Å². The quantitative estimate of drug-likeness (QED) is 0.907. The smallest absolute Gasteiger partial charge is 0.257 e. The summed E-state index contributed by atoms with van der Waals surface area (Å²) in [6.45, 7) is 4.10. The van der Waals surface area contributed by atoms with Crippen LogP contribution in [0.3, 0.4) is 0 Å². The predicted octanol–water partition coefficient (Wildman–Crippen LogP) is 3.26. The number of nitrogens with one attached hydrogen (secondary N) is 1. The van der Waals surface area contributed by atoms with Gasteiger partial charge in [0, 0.05) is 30.6 Å². The summed E-state index contributed by atoms with van der Waals surface area (Å²) < 4.78 is 0. The largest absolute Gasteiger partial charge is 0.367 e. The number of aromatic nitrogens is 1. The van der Waals surface area contributed by atoms with Crippen molar-refractivity contribution in [1.82, 2.24) is 9.88 Å². The van der Waals surface area contributed by atoms with Gasteiger partial charge in [-0.15, -0.1) is 0 Å². The number of rotatable bonds is 5. The van der Waals surface area contributed by atoms with E-state index in [1.54, 1.807) is 6.20 Å². The lowest BCUT2D eigenvalue weighted by Crippen LogP contribution is -2.36. The first-order valence-electron chi connectivity index (χ1n) is 7.54. The normalized spacial score (nSPS) is 21.6. The van der Waals surface area contributed by atoms with Gasteiger partial charge in [0.1, 0.15) is 5.82 Å². The Morgan fingerprint density at radius 3 is 2.86 bits per heavy atom. The van der Waals surface area contributed by atoms with Crippen LogP contribution in [0, 0.1) is 0 Å². The van der Waals surface area contributed by atoms with Crippen molar-refractivity contribution in [2.24, 2.45) is 0 Å². The van der Waals surface area contributed by atoms with Crippen molar-refractivity contribution >= 4 is 23.5 Å². The first-order chi connectivity index (χ1) is 10.0. The summed E-state index contributed by atoms with van der Waals surface area (Å²) in [6.07, 6.45) is 7.27. The van der Waals surface area contributed by atoms with Crippen LogP contribution in [0.5, 0.6) is 0 Å². The summed E-state index contributed by atoms with van der Waals surface area (Å²) in [4.78, 5) is 19.0. The Bertz CT molecular complexity index is 492. The predicted molar refractivity (Wildman–Crippen MR) is 90.0 cm³/mol. The minimum absolute atomic E-state index is 0.0676. The molecule has 1 fully saturated rings. The lowest BCUT2D eigenvalue weighted by molar-refractivity contribution is 0.0736. The van der Waals surface area contributed by atoms with Crippen LogP contribution < -0.4 is 5.32 Å². The summed E-state index contributed by atoms with van der Waals surface area (Å²) >= 11 is 1.91. The molecule has 2 atom stereocenters. The van der Waals surface area contributed by atoms with Crippen molar-refractivity contribution in [3.05, 3.63) is 23.9 Å². The number of pyridine rings is 1. The molecule has 1 N–H and O–H groups in total. The zero-order chi connectivity index (χ0) is 15.4. The van der Waals surface area contributed by atoms with Crippen molar-refractivity contribution in [2.45, 2.75) is 50.4 Å². The van der Waals surface area contributed by atoms with Gasteiger partial charge < -0.3 is 10.2 Å². The SMILES string of the molecule is CS[C@@H]1CC[C@H](N(C)C(=O)c2cccnc2NC(C)C)C1. The maximum Gasteiger partial charge on any atom is 0.257 e. The van der Waals surface area contributed by atoms with Crippen molar-refractivity contribution in [3.63, 3.8) is 0 Å². The highest BCUT2D eigenvalue weighted by molar-refractivity contribution is 7.99. The molecule has 0 aromatic carbocycles. The van der Waals surface area contributed by atoms with Gasteiger partial charge in [-0.05, 0) is 51.5 Å². The highest BCUT2D eigenvalue weighted by Gasteiger charge is 2.30. The third-order valence-corrected chi connectivity index (χ3v) is 5.12. The number of hydrogen-bond donors (Lipinski definition) is 1. The molecule has 0 spiro atoms. The van der Waals surface area contributed by atoms with E-state index in [0.29, 0.717) is 22.7 Å². The number of hydrogen-bond acceptors (Lipinski definition) is 4. The van der Waals surface area contributed by atoms with E-state index in [9.17, 15) is 4.79 Å². The van der Waals surface area contributed by atoms with E-state index in [1.165, 1.54) is 6.42 Å². The zero-order valence-corrected chi connectivity index (χ0v) is 14.1. The highest BCUT2D eigenvalue weighted by Crippen LogP contribution is 2.31. The molecule has 1 heterocycles. The monoisotopic (exact) mass is 307 g/mol. The van der Waals surface area contributed by atoms with Gasteiger partial charge in [-0.2, -0.15) is 11.8 Å². The number of nitrogens with zero attached hydrogens (tertiary/aromatic N) is 2. The van der Waals surface area contributed by atoms with Crippen molar-refractivity contribution < 1.29 is 4.79 Å². The molecule has 116 valence electrons. The summed E-state index contributed by atoms with van der Waals surface area (Å²) in [7, 11) is 1.92. The molecule has 5 heteroatoms. The third kappa shape index (κ3) is 3.90. The second kappa shape index (κ2) is 7.16. The number of carbonyl (C=O) groups excluding carboxylic acids is 1. The second-order valence-electron chi connectivity index (χ2n) is 5.94. The van der Waals surface area contributed by atoms with E-state index < -0.39 is 0 Å². The van der Waals surface area contributed by atoms with Crippen molar-refractivity contribution in [1.29, 1.82) is 0 Å². The fourth-order valence-electron chi connectivity index (χ4n) is 2.81. The molecule has 0 radical (unpaired) electrons. The Hall–Kier alpha value is -1.23. The van der Waals surface area contributed by atoms with Crippen molar-refractivity contribution in [2.75, 3.05) is 18.6 Å². The van der Waals surface area contributed by atoms with Gasteiger partial charge in [-0.3, -0.25) is 4.79 Å². The van der Waals surface area contributed by atoms with Crippen LogP contribution in [0.25, 0.3) is 0 Å². The molecule has 1 amide bonds.